The van der Waals surface area contributed by atoms with Crippen LogP contribution < -0.4 is 10.1 Å². The lowest BCUT2D eigenvalue weighted by Gasteiger charge is -2.26. The summed E-state index contributed by atoms with van der Waals surface area (Å²) in [4.78, 5) is 4.64. The number of nitrogens with one attached hydrogen (secondary N) is 1. The Morgan fingerprint density at radius 1 is 1.30 bits per heavy atom. The van der Waals surface area contributed by atoms with E-state index in [4.69, 9.17) is 4.74 Å². The molecule has 20 heavy (non-hydrogen) atoms. The highest BCUT2D eigenvalue weighted by molar-refractivity contribution is 7.22. The molecule has 108 valence electrons. The summed E-state index contributed by atoms with van der Waals surface area (Å²) in [5.41, 5.74) is 1.05. The molecule has 0 unspecified atom stereocenters. The van der Waals surface area contributed by atoms with E-state index in [-0.39, 0.29) is 0 Å². The lowest BCUT2D eigenvalue weighted by atomic mass is 9.83. The first-order chi connectivity index (χ1) is 9.74. The Balaban J connectivity index is 1.62. The van der Waals surface area contributed by atoms with E-state index < -0.39 is 0 Å². The van der Waals surface area contributed by atoms with E-state index in [1.807, 2.05) is 12.1 Å². The third-order valence-electron chi connectivity index (χ3n) is 4.27. The number of anilines is 1. The van der Waals surface area contributed by atoms with E-state index >= 15 is 0 Å². The van der Waals surface area contributed by atoms with Crippen LogP contribution in [-0.4, -0.2) is 18.6 Å². The molecule has 1 heterocycles. The molecule has 0 amide bonds. The van der Waals surface area contributed by atoms with Crippen LogP contribution in [0, 0.1) is 11.8 Å². The van der Waals surface area contributed by atoms with Gasteiger partial charge in [-0.15, -0.1) is 0 Å². The lowest BCUT2D eigenvalue weighted by molar-refractivity contribution is 0.300. The predicted molar refractivity (Wildman–Crippen MR) is 85.8 cm³/mol. The molecule has 0 radical (unpaired) electrons. The van der Waals surface area contributed by atoms with Crippen LogP contribution in [0.1, 0.15) is 32.6 Å². The number of hydrogen-bond acceptors (Lipinski definition) is 4. The summed E-state index contributed by atoms with van der Waals surface area (Å²) in [5.74, 6) is 2.63. The summed E-state index contributed by atoms with van der Waals surface area (Å²) >= 11 is 1.71. The minimum atomic E-state index is 0.813. The molecule has 1 N–H and O–H groups in total. The van der Waals surface area contributed by atoms with Crippen LogP contribution in [0.15, 0.2) is 18.2 Å². The topological polar surface area (TPSA) is 34.1 Å². The molecule has 4 heteroatoms. The maximum Gasteiger partial charge on any atom is 0.183 e. The Morgan fingerprint density at radius 3 is 2.85 bits per heavy atom. The summed E-state index contributed by atoms with van der Waals surface area (Å²) in [7, 11) is 1.70. The van der Waals surface area contributed by atoms with Crippen molar-refractivity contribution < 1.29 is 4.74 Å². The molecule has 0 atom stereocenters. The molecule has 1 aromatic heterocycles. The van der Waals surface area contributed by atoms with E-state index in [0.29, 0.717) is 0 Å². The van der Waals surface area contributed by atoms with Crippen molar-refractivity contribution >= 4 is 26.7 Å². The molecule has 1 fully saturated rings. The molecule has 1 saturated carbocycles. The lowest BCUT2D eigenvalue weighted by Crippen LogP contribution is -2.20. The Kier molecular flexibility index (Phi) is 4.10. The van der Waals surface area contributed by atoms with E-state index in [2.05, 4.69) is 23.3 Å². The van der Waals surface area contributed by atoms with Gasteiger partial charge < -0.3 is 10.1 Å². The van der Waals surface area contributed by atoms with Gasteiger partial charge >= 0.3 is 0 Å². The average molecular weight is 290 g/mol. The zero-order chi connectivity index (χ0) is 13.9. The highest BCUT2D eigenvalue weighted by Crippen LogP contribution is 2.31. The normalized spacial score (nSPS) is 22.9. The van der Waals surface area contributed by atoms with Gasteiger partial charge in [0, 0.05) is 6.54 Å². The Morgan fingerprint density at radius 2 is 2.10 bits per heavy atom. The van der Waals surface area contributed by atoms with Crippen molar-refractivity contribution in [3.8, 4) is 5.75 Å². The Labute approximate surface area is 124 Å². The monoisotopic (exact) mass is 290 g/mol. The van der Waals surface area contributed by atoms with Crippen molar-refractivity contribution in [1.82, 2.24) is 4.98 Å². The summed E-state index contributed by atoms with van der Waals surface area (Å²) in [5, 5.41) is 4.56. The number of methoxy groups -OCH3 is 1. The molecule has 0 aliphatic heterocycles. The SMILES string of the molecule is COc1ccc2nc(NCC3CCC(C)CC3)sc2c1. The van der Waals surface area contributed by atoms with Gasteiger partial charge in [-0.3, -0.25) is 0 Å². The van der Waals surface area contributed by atoms with Crippen molar-refractivity contribution in [2.24, 2.45) is 11.8 Å². The number of nitrogens with zero attached hydrogens (tertiary/aromatic N) is 1. The number of hydrogen-bond donors (Lipinski definition) is 1. The second-order valence-corrected chi connectivity index (χ2v) is 6.89. The van der Waals surface area contributed by atoms with Crippen molar-refractivity contribution in [2.45, 2.75) is 32.6 Å². The number of benzene rings is 1. The van der Waals surface area contributed by atoms with Crippen LogP contribution in [0.3, 0.4) is 0 Å². The highest BCUT2D eigenvalue weighted by atomic mass is 32.1. The summed E-state index contributed by atoms with van der Waals surface area (Å²) < 4.78 is 6.44. The van der Waals surface area contributed by atoms with Gasteiger partial charge in [-0.1, -0.05) is 31.1 Å². The fraction of sp³-hybridized carbons (Fsp3) is 0.562. The summed E-state index contributed by atoms with van der Waals surface area (Å²) in [6, 6.07) is 6.05. The second-order valence-electron chi connectivity index (χ2n) is 5.86. The van der Waals surface area contributed by atoms with Gasteiger partial charge in [0.25, 0.3) is 0 Å². The second kappa shape index (κ2) is 6.00. The van der Waals surface area contributed by atoms with Gasteiger partial charge in [0.05, 0.1) is 17.3 Å². The molecule has 1 aromatic carbocycles. The fourth-order valence-corrected chi connectivity index (χ4v) is 3.77. The summed E-state index contributed by atoms with van der Waals surface area (Å²) in [6.45, 7) is 3.42. The van der Waals surface area contributed by atoms with Crippen molar-refractivity contribution in [1.29, 1.82) is 0 Å². The molecule has 3 nitrogen and oxygen atoms in total. The van der Waals surface area contributed by atoms with Crippen LogP contribution >= 0.6 is 11.3 Å². The molecule has 1 aliphatic carbocycles. The van der Waals surface area contributed by atoms with Gasteiger partial charge in [0.1, 0.15) is 5.75 Å². The first kappa shape index (κ1) is 13.7. The Bertz CT molecular complexity index is 573. The smallest absolute Gasteiger partial charge is 0.183 e. The van der Waals surface area contributed by atoms with Crippen LogP contribution in [0.5, 0.6) is 5.75 Å². The van der Waals surface area contributed by atoms with Crippen LogP contribution in [0.25, 0.3) is 10.2 Å². The molecule has 2 aromatic rings. The van der Waals surface area contributed by atoms with Gasteiger partial charge in [-0.2, -0.15) is 0 Å². The fourth-order valence-electron chi connectivity index (χ4n) is 2.87. The zero-order valence-corrected chi connectivity index (χ0v) is 13.0. The van der Waals surface area contributed by atoms with E-state index in [1.165, 1.54) is 30.4 Å². The van der Waals surface area contributed by atoms with Crippen LogP contribution in [-0.2, 0) is 0 Å². The first-order valence-corrected chi connectivity index (χ1v) is 8.24. The number of rotatable bonds is 4. The number of fused-ring (bicyclic) bond motifs is 1. The summed E-state index contributed by atoms with van der Waals surface area (Å²) in [6.07, 6.45) is 5.46. The third kappa shape index (κ3) is 3.06. The average Bonchev–Trinajstić information content (AvgIpc) is 2.88. The van der Waals surface area contributed by atoms with Crippen molar-refractivity contribution in [3.05, 3.63) is 18.2 Å². The number of ether oxygens (including phenoxy) is 1. The highest BCUT2D eigenvalue weighted by Gasteiger charge is 2.18. The van der Waals surface area contributed by atoms with Crippen LogP contribution in [0.4, 0.5) is 5.13 Å². The molecule has 0 saturated heterocycles. The third-order valence-corrected chi connectivity index (χ3v) is 5.25. The molecule has 3 rings (SSSR count). The van der Waals surface area contributed by atoms with Crippen LogP contribution in [0.2, 0.25) is 0 Å². The largest absolute Gasteiger partial charge is 0.497 e. The predicted octanol–water partition coefficient (Wildman–Crippen LogP) is 4.54. The first-order valence-electron chi connectivity index (χ1n) is 7.43. The van der Waals surface area contributed by atoms with Gasteiger partial charge in [0.15, 0.2) is 5.13 Å². The minimum Gasteiger partial charge on any atom is -0.497 e. The minimum absolute atomic E-state index is 0.813. The van der Waals surface area contributed by atoms with Gasteiger partial charge in [-0.05, 0) is 42.9 Å². The Hall–Kier alpha value is -1.29. The van der Waals surface area contributed by atoms with E-state index in [1.54, 1.807) is 18.4 Å². The molecule has 0 spiro atoms. The maximum atomic E-state index is 5.26. The van der Waals surface area contributed by atoms with Gasteiger partial charge in [-0.25, -0.2) is 4.98 Å². The maximum absolute atomic E-state index is 5.26. The standard InChI is InChI=1S/C16H22N2OS/c1-11-3-5-12(6-4-11)10-17-16-18-14-8-7-13(19-2)9-15(14)20-16/h7-9,11-12H,3-6,10H2,1-2H3,(H,17,18). The molecule has 0 bridgehead atoms. The van der Waals surface area contributed by atoms with E-state index in [0.717, 1.165) is 34.8 Å². The van der Waals surface area contributed by atoms with Crippen molar-refractivity contribution in [2.75, 3.05) is 19.0 Å². The molecular formula is C16H22N2OS. The van der Waals surface area contributed by atoms with Crippen molar-refractivity contribution in [3.63, 3.8) is 0 Å². The van der Waals surface area contributed by atoms with Gasteiger partial charge in [0.2, 0.25) is 0 Å². The molecular weight excluding hydrogens is 268 g/mol. The molecule has 1 aliphatic rings. The number of aromatic nitrogens is 1. The quantitative estimate of drug-likeness (QED) is 0.897. The van der Waals surface area contributed by atoms with E-state index in [9.17, 15) is 0 Å². The zero-order valence-electron chi connectivity index (χ0n) is 12.2. The number of thiazole rings is 1.